The molecule has 0 radical (unpaired) electrons. The molecule has 0 aliphatic carbocycles. The first-order valence-electron chi connectivity index (χ1n) is 8.55. The van der Waals surface area contributed by atoms with Crippen LogP contribution in [0.1, 0.15) is 52.9 Å². The molecule has 0 atom stereocenters. The van der Waals surface area contributed by atoms with Gasteiger partial charge in [-0.05, 0) is 28.1 Å². The minimum absolute atomic E-state index is 0.131. The van der Waals surface area contributed by atoms with Crippen molar-refractivity contribution in [1.82, 2.24) is 20.2 Å². The Labute approximate surface area is 162 Å². The molecule has 0 N–H and O–H groups in total. The van der Waals surface area contributed by atoms with Gasteiger partial charge in [0, 0.05) is 16.4 Å². The molecule has 3 rings (SSSR count). The van der Waals surface area contributed by atoms with Crippen molar-refractivity contribution in [3.63, 3.8) is 0 Å². The summed E-state index contributed by atoms with van der Waals surface area (Å²) in [5, 5.41) is 8.42. The predicted octanol–water partition coefficient (Wildman–Crippen LogP) is 5.55. The highest BCUT2D eigenvalue weighted by molar-refractivity contribution is 9.10. The van der Waals surface area contributed by atoms with Crippen molar-refractivity contribution in [3.05, 3.63) is 46.3 Å². The van der Waals surface area contributed by atoms with Gasteiger partial charge in [0.2, 0.25) is 5.89 Å². The largest absolute Gasteiger partial charge is 0.415 e. The molecule has 2 heterocycles. The summed E-state index contributed by atoms with van der Waals surface area (Å²) >= 11 is 3.57. The number of hydrogen-bond donors (Lipinski definition) is 0. The fourth-order valence-corrected chi connectivity index (χ4v) is 3.44. The van der Waals surface area contributed by atoms with Gasteiger partial charge in [-0.3, -0.25) is 4.98 Å². The summed E-state index contributed by atoms with van der Waals surface area (Å²) in [6.45, 7) is 12.7. The Bertz CT molecular complexity index is 921. The summed E-state index contributed by atoms with van der Waals surface area (Å²) < 4.78 is 6.63. The lowest BCUT2D eigenvalue weighted by Crippen LogP contribution is -2.23. The Balaban J connectivity index is 2.16. The molecule has 0 aliphatic rings. The number of nitrogens with zero attached hydrogens (tertiary/aromatic N) is 4. The van der Waals surface area contributed by atoms with E-state index in [9.17, 15) is 0 Å². The van der Waals surface area contributed by atoms with E-state index in [2.05, 4.69) is 67.7 Å². The monoisotopic (exact) mass is 414 g/mol. The molecular formula is C20H23BrN4O. The van der Waals surface area contributed by atoms with E-state index in [0.29, 0.717) is 22.1 Å². The molecule has 0 spiro atoms. The van der Waals surface area contributed by atoms with Crippen LogP contribution in [0.3, 0.4) is 0 Å². The number of benzene rings is 1. The van der Waals surface area contributed by atoms with Gasteiger partial charge in [0.1, 0.15) is 4.60 Å². The maximum atomic E-state index is 5.93. The SMILES string of the molecule is CC(C)(C)c1nc(C(C)(C)C)c(-c2nnc(-c3ccccc3)o2)nc1Br. The molecule has 0 unspecified atom stereocenters. The molecule has 0 saturated carbocycles. The lowest BCUT2D eigenvalue weighted by Gasteiger charge is -2.25. The van der Waals surface area contributed by atoms with Crippen LogP contribution in [0.5, 0.6) is 0 Å². The van der Waals surface area contributed by atoms with Crippen LogP contribution in [-0.4, -0.2) is 20.2 Å². The standard InChI is InChI=1S/C20H23BrN4O/c1-19(2,3)14-13(22-16(21)15(23-14)20(4,5)6)18-25-24-17(26-18)12-10-8-7-9-11-12/h7-11H,1-6H3. The van der Waals surface area contributed by atoms with E-state index in [1.54, 1.807) is 0 Å². The first-order valence-corrected chi connectivity index (χ1v) is 9.34. The van der Waals surface area contributed by atoms with Gasteiger partial charge in [0.15, 0.2) is 5.69 Å². The Hall–Kier alpha value is -2.08. The van der Waals surface area contributed by atoms with E-state index in [0.717, 1.165) is 17.0 Å². The van der Waals surface area contributed by atoms with Crippen molar-refractivity contribution in [1.29, 1.82) is 0 Å². The van der Waals surface area contributed by atoms with Crippen LogP contribution in [0.15, 0.2) is 39.4 Å². The molecule has 26 heavy (non-hydrogen) atoms. The zero-order valence-electron chi connectivity index (χ0n) is 16.0. The third kappa shape index (κ3) is 3.70. The average Bonchev–Trinajstić information content (AvgIpc) is 3.03. The second-order valence-electron chi connectivity index (χ2n) is 8.34. The van der Waals surface area contributed by atoms with E-state index in [-0.39, 0.29) is 10.8 Å². The van der Waals surface area contributed by atoms with Crippen LogP contribution >= 0.6 is 15.9 Å². The van der Waals surface area contributed by atoms with Crippen LogP contribution in [0.4, 0.5) is 0 Å². The smallest absolute Gasteiger partial charge is 0.268 e. The highest BCUT2D eigenvalue weighted by Crippen LogP contribution is 2.36. The molecule has 3 aromatic rings. The molecule has 0 fully saturated rings. The zero-order chi connectivity index (χ0) is 19.1. The summed E-state index contributed by atoms with van der Waals surface area (Å²) in [7, 11) is 0. The van der Waals surface area contributed by atoms with Crippen molar-refractivity contribution < 1.29 is 4.42 Å². The van der Waals surface area contributed by atoms with E-state index >= 15 is 0 Å². The Morgan fingerprint density at radius 1 is 0.769 bits per heavy atom. The minimum Gasteiger partial charge on any atom is -0.415 e. The topological polar surface area (TPSA) is 64.7 Å². The number of hydrogen-bond acceptors (Lipinski definition) is 5. The van der Waals surface area contributed by atoms with Gasteiger partial charge < -0.3 is 4.42 Å². The van der Waals surface area contributed by atoms with Gasteiger partial charge in [-0.2, -0.15) is 0 Å². The van der Waals surface area contributed by atoms with E-state index < -0.39 is 0 Å². The van der Waals surface area contributed by atoms with Crippen LogP contribution in [0, 0.1) is 0 Å². The van der Waals surface area contributed by atoms with Gasteiger partial charge in [-0.1, -0.05) is 59.7 Å². The van der Waals surface area contributed by atoms with E-state index in [1.165, 1.54) is 0 Å². The summed E-state index contributed by atoms with van der Waals surface area (Å²) in [5.74, 6) is 0.848. The summed E-state index contributed by atoms with van der Waals surface area (Å²) in [6.07, 6.45) is 0. The molecule has 0 bridgehead atoms. The fraction of sp³-hybridized carbons (Fsp3) is 0.400. The van der Waals surface area contributed by atoms with E-state index in [4.69, 9.17) is 14.4 Å². The molecule has 0 aliphatic heterocycles. The highest BCUT2D eigenvalue weighted by Gasteiger charge is 2.30. The Morgan fingerprint density at radius 3 is 1.92 bits per heavy atom. The van der Waals surface area contributed by atoms with Crippen molar-refractivity contribution >= 4 is 15.9 Å². The van der Waals surface area contributed by atoms with Gasteiger partial charge in [-0.15, -0.1) is 10.2 Å². The zero-order valence-corrected chi connectivity index (χ0v) is 17.5. The molecular weight excluding hydrogens is 392 g/mol. The van der Waals surface area contributed by atoms with Crippen molar-refractivity contribution in [2.75, 3.05) is 0 Å². The lowest BCUT2D eigenvalue weighted by atomic mass is 9.87. The lowest BCUT2D eigenvalue weighted by molar-refractivity contribution is 0.516. The second-order valence-corrected chi connectivity index (χ2v) is 9.09. The normalized spacial score (nSPS) is 12.4. The first kappa shape index (κ1) is 18.7. The summed E-state index contributed by atoms with van der Waals surface area (Å²) in [5.41, 5.74) is 2.90. The Kier molecular flexibility index (Phi) is 4.73. The predicted molar refractivity (Wildman–Crippen MR) is 106 cm³/mol. The van der Waals surface area contributed by atoms with Gasteiger partial charge in [-0.25, -0.2) is 4.98 Å². The molecule has 136 valence electrons. The average molecular weight is 415 g/mol. The van der Waals surface area contributed by atoms with Crippen molar-refractivity contribution in [2.24, 2.45) is 0 Å². The molecule has 2 aromatic heterocycles. The van der Waals surface area contributed by atoms with E-state index in [1.807, 2.05) is 30.3 Å². The number of rotatable bonds is 2. The second kappa shape index (κ2) is 6.58. The third-order valence-corrected chi connectivity index (χ3v) is 4.48. The first-order chi connectivity index (χ1) is 12.1. The van der Waals surface area contributed by atoms with Crippen LogP contribution < -0.4 is 0 Å². The molecule has 0 amide bonds. The fourth-order valence-electron chi connectivity index (χ4n) is 2.58. The van der Waals surface area contributed by atoms with Crippen LogP contribution in [-0.2, 0) is 10.8 Å². The summed E-state index contributed by atoms with van der Waals surface area (Å²) in [4.78, 5) is 9.68. The molecule has 0 saturated heterocycles. The molecule has 6 heteroatoms. The van der Waals surface area contributed by atoms with Gasteiger partial charge >= 0.3 is 0 Å². The van der Waals surface area contributed by atoms with Crippen molar-refractivity contribution in [2.45, 2.75) is 52.4 Å². The van der Waals surface area contributed by atoms with Crippen LogP contribution in [0.2, 0.25) is 0 Å². The maximum Gasteiger partial charge on any atom is 0.268 e. The van der Waals surface area contributed by atoms with Gasteiger partial charge in [0.05, 0.1) is 11.4 Å². The minimum atomic E-state index is -0.218. The highest BCUT2D eigenvalue weighted by atomic mass is 79.9. The summed E-state index contributed by atoms with van der Waals surface area (Å²) in [6, 6.07) is 9.70. The van der Waals surface area contributed by atoms with Gasteiger partial charge in [0.25, 0.3) is 5.89 Å². The van der Waals surface area contributed by atoms with Crippen LogP contribution in [0.25, 0.3) is 23.0 Å². The molecule has 1 aromatic carbocycles. The number of aromatic nitrogens is 4. The quantitative estimate of drug-likeness (QED) is 0.549. The van der Waals surface area contributed by atoms with Crippen molar-refractivity contribution in [3.8, 4) is 23.0 Å². The number of halogens is 1. The Morgan fingerprint density at radius 2 is 1.35 bits per heavy atom. The molecule has 5 nitrogen and oxygen atoms in total. The third-order valence-electron chi connectivity index (χ3n) is 3.92. The maximum absolute atomic E-state index is 5.93.